The SMILES string of the molecule is CC(C)(C)[Si](C)(C)OCCC1(C(N)=O)CNc2ccccc2O1. The average molecular weight is 337 g/mol. The molecule has 3 N–H and O–H groups in total. The van der Waals surface area contributed by atoms with E-state index in [1.807, 2.05) is 24.3 Å². The molecule has 1 aromatic carbocycles. The number of benzene rings is 1. The zero-order valence-electron chi connectivity index (χ0n) is 14.7. The third-order valence-electron chi connectivity index (χ3n) is 4.98. The van der Waals surface area contributed by atoms with Crippen molar-refractivity contribution < 1.29 is 14.0 Å². The maximum Gasteiger partial charge on any atom is 0.263 e. The van der Waals surface area contributed by atoms with Crippen LogP contribution in [0.1, 0.15) is 27.2 Å². The smallest absolute Gasteiger partial charge is 0.263 e. The second kappa shape index (κ2) is 6.17. The van der Waals surface area contributed by atoms with Crippen LogP contribution in [-0.2, 0) is 9.22 Å². The zero-order chi connectivity index (χ0) is 17.3. The van der Waals surface area contributed by atoms with Crippen LogP contribution < -0.4 is 15.8 Å². The summed E-state index contributed by atoms with van der Waals surface area (Å²) in [6.45, 7) is 11.8. The first-order valence-corrected chi connectivity index (χ1v) is 10.9. The van der Waals surface area contributed by atoms with Gasteiger partial charge in [-0.15, -0.1) is 0 Å². The number of rotatable bonds is 5. The Morgan fingerprint density at radius 2 is 2.04 bits per heavy atom. The van der Waals surface area contributed by atoms with Crippen molar-refractivity contribution in [1.82, 2.24) is 0 Å². The first-order valence-electron chi connectivity index (χ1n) is 8.03. The van der Waals surface area contributed by atoms with Crippen molar-refractivity contribution in [1.29, 1.82) is 0 Å². The Labute approximate surface area is 139 Å². The van der Waals surface area contributed by atoms with E-state index < -0.39 is 19.8 Å². The molecule has 0 radical (unpaired) electrons. The average Bonchev–Trinajstić information content (AvgIpc) is 2.45. The zero-order valence-corrected chi connectivity index (χ0v) is 15.7. The molecule has 0 aromatic heterocycles. The molecule has 128 valence electrons. The molecule has 0 saturated carbocycles. The minimum Gasteiger partial charge on any atom is -0.473 e. The van der Waals surface area contributed by atoms with Gasteiger partial charge in [-0.2, -0.15) is 0 Å². The van der Waals surface area contributed by atoms with Crippen molar-refractivity contribution in [3.63, 3.8) is 0 Å². The molecule has 2 rings (SSSR count). The monoisotopic (exact) mass is 336 g/mol. The number of hydrogen-bond donors (Lipinski definition) is 2. The van der Waals surface area contributed by atoms with E-state index in [9.17, 15) is 4.79 Å². The van der Waals surface area contributed by atoms with Crippen molar-refractivity contribution in [3.8, 4) is 5.75 Å². The van der Waals surface area contributed by atoms with E-state index in [1.165, 1.54) is 0 Å². The number of ether oxygens (including phenoxy) is 1. The lowest BCUT2D eigenvalue weighted by molar-refractivity contribution is -0.134. The number of nitrogens with two attached hydrogens (primary N) is 1. The number of nitrogens with one attached hydrogen (secondary N) is 1. The van der Waals surface area contributed by atoms with Gasteiger partial charge in [-0.1, -0.05) is 32.9 Å². The van der Waals surface area contributed by atoms with E-state index in [1.54, 1.807) is 0 Å². The van der Waals surface area contributed by atoms with Crippen LogP contribution in [0.15, 0.2) is 24.3 Å². The number of primary amides is 1. The highest BCUT2D eigenvalue weighted by Gasteiger charge is 2.43. The molecule has 1 heterocycles. The molecule has 0 saturated heterocycles. The maximum atomic E-state index is 12.1. The molecule has 1 aliphatic heterocycles. The number of hydrogen-bond acceptors (Lipinski definition) is 4. The van der Waals surface area contributed by atoms with E-state index in [-0.39, 0.29) is 5.04 Å². The molecule has 1 aliphatic rings. The third kappa shape index (κ3) is 3.69. The van der Waals surface area contributed by atoms with Gasteiger partial charge in [-0.3, -0.25) is 4.79 Å². The number of carbonyl (C=O) groups excluding carboxylic acids is 1. The molecule has 0 bridgehead atoms. The second-order valence-electron chi connectivity index (χ2n) is 7.67. The van der Waals surface area contributed by atoms with Gasteiger partial charge in [0.1, 0.15) is 5.75 Å². The summed E-state index contributed by atoms with van der Waals surface area (Å²) in [5, 5.41) is 3.37. The fraction of sp³-hybridized carbons (Fsp3) is 0.588. The van der Waals surface area contributed by atoms with Gasteiger partial charge in [-0.05, 0) is 30.3 Å². The van der Waals surface area contributed by atoms with E-state index in [0.717, 1.165) is 5.69 Å². The predicted molar refractivity (Wildman–Crippen MR) is 95.3 cm³/mol. The lowest BCUT2D eigenvalue weighted by Gasteiger charge is -2.39. The van der Waals surface area contributed by atoms with Crippen molar-refractivity contribution in [2.45, 2.75) is 50.9 Å². The molecule has 6 heteroatoms. The van der Waals surface area contributed by atoms with Crippen LogP contribution in [0, 0.1) is 0 Å². The fourth-order valence-corrected chi connectivity index (χ4v) is 3.32. The lowest BCUT2D eigenvalue weighted by Crippen LogP contribution is -2.57. The van der Waals surface area contributed by atoms with E-state index >= 15 is 0 Å². The first-order chi connectivity index (χ1) is 10.6. The lowest BCUT2D eigenvalue weighted by atomic mass is 9.97. The van der Waals surface area contributed by atoms with Gasteiger partial charge >= 0.3 is 0 Å². The summed E-state index contributed by atoms with van der Waals surface area (Å²) in [4.78, 5) is 12.1. The topological polar surface area (TPSA) is 73.6 Å². The Hall–Kier alpha value is -1.53. The molecule has 0 spiro atoms. The number of fused-ring (bicyclic) bond motifs is 1. The summed E-state index contributed by atoms with van der Waals surface area (Å²) in [6, 6.07) is 7.57. The van der Waals surface area contributed by atoms with Gasteiger partial charge in [0.05, 0.1) is 12.2 Å². The van der Waals surface area contributed by atoms with Crippen LogP contribution in [0.2, 0.25) is 18.1 Å². The Morgan fingerprint density at radius 1 is 1.39 bits per heavy atom. The fourth-order valence-electron chi connectivity index (χ4n) is 2.27. The maximum absolute atomic E-state index is 12.1. The van der Waals surface area contributed by atoms with Gasteiger partial charge in [-0.25, -0.2) is 0 Å². The van der Waals surface area contributed by atoms with E-state index in [0.29, 0.717) is 25.3 Å². The molecule has 0 fully saturated rings. The minimum absolute atomic E-state index is 0.130. The second-order valence-corrected chi connectivity index (χ2v) is 12.5. The Kier molecular flexibility index (Phi) is 4.78. The Balaban J connectivity index is 2.08. The molecule has 23 heavy (non-hydrogen) atoms. The van der Waals surface area contributed by atoms with Crippen LogP contribution in [0.5, 0.6) is 5.75 Å². The Morgan fingerprint density at radius 3 is 2.65 bits per heavy atom. The number of carbonyl (C=O) groups is 1. The molecule has 5 nitrogen and oxygen atoms in total. The molecule has 1 amide bonds. The normalized spacial score (nSPS) is 21.1. The van der Waals surface area contributed by atoms with Crippen molar-refractivity contribution in [3.05, 3.63) is 24.3 Å². The molecule has 1 unspecified atom stereocenters. The summed E-state index contributed by atoms with van der Waals surface area (Å²) in [6.07, 6.45) is 0.441. The molecular formula is C17H28N2O3Si. The summed E-state index contributed by atoms with van der Waals surface area (Å²) < 4.78 is 12.2. The molecule has 1 atom stereocenters. The van der Waals surface area contributed by atoms with Crippen molar-refractivity contribution in [2.24, 2.45) is 5.73 Å². The molecular weight excluding hydrogens is 308 g/mol. The van der Waals surface area contributed by atoms with Crippen molar-refractivity contribution in [2.75, 3.05) is 18.5 Å². The summed E-state index contributed by atoms with van der Waals surface area (Å²) >= 11 is 0. The highest BCUT2D eigenvalue weighted by atomic mass is 28.4. The van der Waals surface area contributed by atoms with Crippen LogP contribution >= 0.6 is 0 Å². The van der Waals surface area contributed by atoms with Crippen molar-refractivity contribution >= 4 is 19.9 Å². The van der Waals surface area contributed by atoms with Crippen LogP contribution in [0.25, 0.3) is 0 Å². The Bertz CT molecular complexity index is 583. The van der Waals surface area contributed by atoms with E-state index in [4.69, 9.17) is 14.9 Å². The van der Waals surface area contributed by atoms with Crippen LogP contribution in [0.4, 0.5) is 5.69 Å². The molecule has 1 aromatic rings. The summed E-state index contributed by atoms with van der Waals surface area (Å²) in [5.41, 5.74) is 5.47. The quantitative estimate of drug-likeness (QED) is 0.810. The summed E-state index contributed by atoms with van der Waals surface area (Å²) in [5.74, 6) is 0.197. The summed E-state index contributed by atoms with van der Waals surface area (Å²) in [7, 11) is -1.86. The van der Waals surface area contributed by atoms with Gasteiger partial charge in [0.15, 0.2) is 8.32 Å². The van der Waals surface area contributed by atoms with Crippen LogP contribution in [-0.4, -0.2) is 33.0 Å². The van der Waals surface area contributed by atoms with Gasteiger partial charge < -0.3 is 20.2 Å². The van der Waals surface area contributed by atoms with Gasteiger partial charge in [0.25, 0.3) is 5.91 Å². The highest BCUT2D eigenvalue weighted by Crippen LogP contribution is 2.38. The van der Waals surface area contributed by atoms with E-state index in [2.05, 4.69) is 39.2 Å². The van der Waals surface area contributed by atoms with Gasteiger partial charge in [0, 0.05) is 13.0 Å². The highest BCUT2D eigenvalue weighted by molar-refractivity contribution is 6.74. The van der Waals surface area contributed by atoms with Crippen LogP contribution in [0.3, 0.4) is 0 Å². The number of anilines is 1. The third-order valence-corrected chi connectivity index (χ3v) is 9.52. The minimum atomic E-state index is -1.86. The standard InChI is InChI=1S/C17H28N2O3Si/c1-16(2,3)23(4,5)21-11-10-17(15(18)20)12-19-13-8-6-7-9-14(13)22-17/h6-9,19H,10-12H2,1-5H3,(H2,18,20). The predicted octanol–water partition coefficient (Wildman–Crippen LogP) is 3.13. The number of amides is 1. The molecule has 0 aliphatic carbocycles. The first kappa shape index (κ1) is 17.8. The largest absolute Gasteiger partial charge is 0.473 e. The van der Waals surface area contributed by atoms with Gasteiger partial charge in [0.2, 0.25) is 5.60 Å². The number of para-hydroxylation sites is 2.